The number of carbonyl (C=O) groups excluding carboxylic acids is 1. The number of rotatable bonds is 7. The van der Waals surface area contributed by atoms with Crippen LogP contribution in [0, 0.1) is 17.8 Å². The van der Waals surface area contributed by atoms with Crippen molar-refractivity contribution in [2.24, 2.45) is 17.8 Å². The molecule has 0 bridgehead atoms. The van der Waals surface area contributed by atoms with Gasteiger partial charge in [0.25, 0.3) is 0 Å². The van der Waals surface area contributed by atoms with E-state index in [0.29, 0.717) is 11.8 Å². The van der Waals surface area contributed by atoms with Gasteiger partial charge in [0, 0.05) is 13.1 Å². The van der Waals surface area contributed by atoms with Crippen molar-refractivity contribution in [3.05, 3.63) is 0 Å². The number of amides is 2. The average Bonchev–Trinajstić information content (AvgIpc) is 3.26. The van der Waals surface area contributed by atoms with E-state index in [2.05, 4.69) is 5.32 Å². The topological polar surface area (TPSA) is 69.6 Å². The van der Waals surface area contributed by atoms with E-state index in [0.717, 1.165) is 25.9 Å². The number of urea groups is 1. The Morgan fingerprint density at radius 1 is 1.10 bits per heavy atom. The van der Waals surface area contributed by atoms with E-state index >= 15 is 0 Å². The maximum Gasteiger partial charge on any atom is 0.329 e. The Kier molecular flexibility index (Phi) is 3.38. The molecular formula is C15H24N2O3. The van der Waals surface area contributed by atoms with E-state index < -0.39 is 11.5 Å². The Balaban J connectivity index is 1.62. The first-order valence-electron chi connectivity index (χ1n) is 7.79. The second kappa shape index (κ2) is 4.93. The lowest BCUT2D eigenvalue weighted by Crippen LogP contribution is -2.58. The lowest BCUT2D eigenvalue weighted by Gasteiger charge is -2.31. The van der Waals surface area contributed by atoms with Gasteiger partial charge >= 0.3 is 12.0 Å². The minimum atomic E-state index is -1.09. The average molecular weight is 280 g/mol. The normalized spacial score (nSPS) is 24.9. The quantitative estimate of drug-likeness (QED) is 0.750. The number of hydrogen-bond acceptors (Lipinski definition) is 2. The molecule has 0 saturated heterocycles. The summed E-state index contributed by atoms with van der Waals surface area (Å²) in [5, 5.41) is 12.2. The lowest BCUT2D eigenvalue weighted by atomic mass is 9.96. The third kappa shape index (κ3) is 3.07. The van der Waals surface area contributed by atoms with Crippen molar-refractivity contribution >= 4 is 12.0 Å². The van der Waals surface area contributed by atoms with Crippen molar-refractivity contribution in [2.75, 3.05) is 13.1 Å². The Bertz CT molecular complexity index is 399. The van der Waals surface area contributed by atoms with Gasteiger partial charge in [0.1, 0.15) is 5.54 Å². The van der Waals surface area contributed by atoms with E-state index in [1.165, 1.54) is 25.7 Å². The summed E-state index contributed by atoms with van der Waals surface area (Å²) in [5.41, 5.74) is -1.09. The van der Waals surface area contributed by atoms with Crippen LogP contribution in [-0.4, -0.2) is 40.6 Å². The summed E-state index contributed by atoms with van der Waals surface area (Å²) in [7, 11) is 0. The molecule has 1 unspecified atom stereocenters. The summed E-state index contributed by atoms with van der Waals surface area (Å²) < 4.78 is 0. The highest BCUT2D eigenvalue weighted by Crippen LogP contribution is 2.40. The number of hydrogen-bond donors (Lipinski definition) is 2. The summed E-state index contributed by atoms with van der Waals surface area (Å²) in [6.07, 6.45) is 6.60. The van der Waals surface area contributed by atoms with Gasteiger partial charge in [0.05, 0.1) is 0 Å². The molecule has 0 aliphatic heterocycles. The molecule has 3 aliphatic carbocycles. The minimum Gasteiger partial charge on any atom is -0.480 e. The van der Waals surface area contributed by atoms with Gasteiger partial charge < -0.3 is 15.3 Å². The van der Waals surface area contributed by atoms with Gasteiger partial charge in [-0.15, -0.1) is 0 Å². The van der Waals surface area contributed by atoms with Crippen LogP contribution in [0.1, 0.15) is 45.4 Å². The van der Waals surface area contributed by atoms with Gasteiger partial charge in [-0.25, -0.2) is 9.59 Å². The number of aliphatic carboxylic acids is 1. The highest BCUT2D eigenvalue weighted by atomic mass is 16.4. The number of carboxylic acids is 1. The van der Waals surface area contributed by atoms with Gasteiger partial charge in [-0.3, -0.25) is 0 Å². The van der Waals surface area contributed by atoms with Gasteiger partial charge in [-0.05, 0) is 63.2 Å². The zero-order chi connectivity index (χ0) is 14.3. The van der Waals surface area contributed by atoms with Crippen LogP contribution in [-0.2, 0) is 4.79 Å². The molecule has 0 aromatic heterocycles. The molecule has 5 heteroatoms. The van der Waals surface area contributed by atoms with Crippen LogP contribution in [0.15, 0.2) is 0 Å². The predicted molar refractivity (Wildman–Crippen MR) is 74.3 cm³/mol. The molecule has 2 amide bonds. The number of carboxylic acid groups (broad SMARTS) is 1. The Morgan fingerprint density at radius 2 is 1.60 bits per heavy atom. The minimum absolute atomic E-state index is 0.0904. The van der Waals surface area contributed by atoms with Crippen molar-refractivity contribution in [3.63, 3.8) is 0 Å². The fourth-order valence-electron chi connectivity index (χ4n) is 2.76. The van der Waals surface area contributed by atoms with Crippen LogP contribution in [0.5, 0.6) is 0 Å². The largest absolute Gasteiger partial charge is 0.480 e. The molecule has 1 atom stereocenters. The van der Waals surface area contributed by atoms with Crippen LogP contribution in [0.3, 0.4) is 0 Å². The molecule has 0 heterocycles. The zero-order valence-corrected chi connectivity index (χ0v) is 12.1. The maximum atomic E-state index is 12.5. The molecule has 0 spiro atoms. The van der Waals surface area contributed by atoms with Gasteiger partial charge in [-0.1, -0.05) is 0 Å². The van der Waals surface area contributed by atoms with Crippen LogP contribution in [0.4, 0.5) is 4.79 Å². The summed E-state index contributed by atoms with van der Waals surface area (Å²) in [5.74, 6) is 0.451. The summed E-state index contributed by atoms with van der Waals surface area (Å²) in [4.78, 5) is 25.8. The fraction of sp³-hybridized carbons (Fsp3) is 0.867. The lowest BCUT2D eigenvalue weighted by molar-refractivity contribution is -0.144. The van der Waals surface area contributed by atoms with E-state index in [1.807, 2.05) is 4.90 Å². The van der Waals surface area contributed by atoms with Gasteiger partial charge in [-0.2, -0.15) is 0 Å². The highest BCUT2D eigenvalue weighted by Gasteiger charge is 2.49. The van der Waals surface area contributed by atoms with E-state index in [4.69, 9.17) is 0 Å². The van der Waals surface area contributed by atoms with Crippen LogP contribution >= 0.6 is 0 Å². The number of carbonyl (C=O) groups is 2. The van der Waals surface area contributed by atoms with E-state index in [9.17, 15) is 14.7 Å². The Hall–Kier alpha value is -1.26. The first-order chi connectivity index (χ1) is 9.49. The van der Waals surface area contributed by atoms with Crippen LogP contribution < -0.4 is 5.32 Å². The third-order valence-corrected chi connectivity index (χ3v) is 4.84. The molecule has 20 heavy (non-hydrogen) atoms. The predicted octanol–water partition coefficient (Wildman–Crippen LogP) is 2.07. The highest BCUT2D eigenvalue weighted by molar-refractivity contribution is 5.86. The molecule has 3 saturated carbocycles. The van der Waals surface area contributed by atoms with Crippen molar-refractivity contribution < 1.29 is 14.7 Å². The van der Waals surface area contributed by atoms with Crippen LogP contribution in [0.2, 0.25) is 0 Å². The molecule has 2 N–H and O–H groups in total. The first kappa shape index (κ1) is 13.7. The first-order valence-corrected chi connectivity index (χ1v) is 7.79. The molecular weight excluding hydrogens is 256 g/mol. The molecule has 3 aliphatic rings. The van der Waals surface area contributed by atoms with Gasteiger partial charge in [0.15, 0.2) is 0 Å². The Labute approximate surface area is 119 Å². The van der Waals surface area contributed by atoms with Crippen molar-refractivity contribution in [1.29, 1.82) is 0 Å². The maximum absolute atomic E-state index is 12.5. The summed E-state index contributed by atoms with van der Waals surface area (Å²) in [6.45, 7) is 3.24. The molecule has 5 nitrogen and oxygen atoms in total. The van der Waals surface area contributed by atoms with E-state index in [-0.39, 0.29) is 11.9 Å². The standard InChI is InChI=1S/C15H24N2O3/c1-15(13(18)19,12-6-7-12)16-14(20)17(8-10-2-3-10)9-11-4-5-11/h10-12H,2-9H2,1H3,(H,16,20)(H,18,19). The second-order valence-electron chi connectivity index (χ2n) is 7.00. The monoisotopic (exact) mass is 280 g/mol. The SMILES string of the molecule is CC(NC(=O)N(CC1CC1)CC1CC1)(C(=O)O)C1CC1. The third-order valence-electron chi connectivity index (χ3n) is 4.84. The van der Waals surface area contributed by atoms with E-state index in [1.54, 1.807) is 6.92 Å². The van der Waals surface area contributed by atoms with Crippen molar-refractivity contribution in [3.8, 4) is 0 Å². The Morgan fingerprint density at radius 3 is 1.95 bits per heavy atom. The smallest absolute Gasteiger partial charge is 0.329 e. The number of nitrogens with zero attached hydrogens (tertiary/aromatic N) is 1. The molecule has 0 aromatic carbocycles. The van der Waals surface area contributed by atoms with Gasteiger partial charge in [0.2, 0.25) is 0 Å². The summed E-state index contributed by atoms with van der Waals surface area (Å²) in [6, 6.07) is -0.180. The molecule has 0 aromatic rings. The zero-order valence-electron chi connectivity index (χ0n) is 12.1. The molecule has 3 rings (SSSR count). The van der Waals surface area contributed by atoms with Crippen LogP contribution in [0.25, 0.3) is 0 Å². The summed E-state index contributed by atoms with van der Waals surface area (Å²) >= 11 is 0. The second-order valence-corrected chi connectivity index (χ2v) is 7.00. The fourth-order valence-corrected chi connectivity index (χ4v) is 2.76. The van der Waals surface area contributed by atoms with Crippen molar-refractivity contribution in [2.45, 2.75) is 51.0 Å². The number of nitrogens with one attached hydrogen (secondary N) is 1. The van der Waals surface area contributed by atoms with Crippen molar-refractivity contribution in [1.82, 2.24) is 10.2 Å². The molecule has 3 fully saturated rings. The molecule has 112 valence electrons. The molecule has 0 radical (unpaired) electrons.